The molecule has 3 atom stereocenters. The summed E-state index contributed by atoms with van der Waals surface area (Å²) in [5.41, 5.74) is 2.46. The van der Waals surface area contributed by atoms with E-state index in [9.17, 15) is 0 Å². The number of hydrogen-bond donors (Lipinski definition) is 0. The molecule has 1 aliphatic heterocycles. The van der Waals surface area contributed by atoms with E-state index in [4.69, 9.17) is 14.2 Å². The van der Waals surface area contributed by atoms with Crippen LogP contribution in [0.2, 0.25) is 19.6 Å². The van der Waals surface area contributed by atoms with Gasteiger partial charge in [-0.05, 0) is 42.7 Å². The summed E-state index contributed by atoms with van der Waals surface area (Å²) < 4.78 is 20.6. The van der Waals surface area contributed by atoms with E-state index in [1.165, 1.54) is 4.90 Å². The van der Waals surface area contributed by atoms with Crippen LogP contribution in [0.25, 0.3) is 0 Å². The maximum absolute atomic E-state index is 7.21. The van der Waals surface area contributed by atoms with Crippen molar-refractivity contribution in [3.05, 3.63) is 138 Å². The monoisotopic (exact) mass is 568 g/mol. The minimum atomic E-state index is -1.70. The Morgan fingerprint density at radius 1 is 0.700 bits per heavy atom. The predicted octanol–water partition coefficient (Wildman–Crippen LogP) is 8.55. The second-order valence-corrected chi connectivity index (χ2v) is 18.9. The molecule has 0 unspecified atom stereocenters. The molecule has 0 N–H and O–H groups in total. The highest BCUT2D eigenvalue weighted by atomic mass is 32.2. The lowest BCUT2D eigenvalue weighted by Crippen LogP contribution is -2.50. The third-order valence-electron chi connectivity index (χ3n) is 7.38. The summed E-state index contributed by atoms with van der Waals surface area (Å²) in [5.74, 6) is -0.692. The van der Waals surface area contributed by atoms with Crippen molar-refractivity contribution < 1.29 is 14.2 Å². The number of rotatable bonds is 10. The normalized spacial score (nSPS) is 19.8. The van der Waals surface area contributed by atoms with Gasteiger partial charge >= 0.3 is 0 Å². The molecule has 0 saturated carbocycles. The van der Waals surface area contributed by atoms with E-state index in [-0.39, 0.29) is 17.1 Å². The topological polar surface area (TPSA) is 27.7 Å². The van der Waals surface area contributed by atoms with Crippen LogP contribution in [0.15, 0.2) is 126 Å². The van der Waals surface area contributed by atoms with Gasteiger partial charge in [0.15, 0.2) is 5.79 Å². The van der Waals surface area contributed by atoms with Crippen molar-refractivity contribution in [2.45, 2.75) is 66.9 Å². The summed E-state index contributed by atoms with van der Waals surface area (Å²) in [4.78, 5) is 1.54. The first kappa shape index (κ1) is 28.8. The molecule has 5 heteroatoms. The van der Waals surface area contributed by atoms with E-state index >= 15 is 0 Å². The molecule has 1 aliphatic rings. The van der Waals surface area contributed by atoms with Gasteiger partial charge in [-0.2, -0.15) is 0 Å². The van der Waals surface area contributed by atoms with Crippen molar-refractivity contribution in [2.24, 2.45) is 0 Å². The van der Waals surface area contributed by atoms with Crippen molar-refractivity contribution in [1.82, 2.24) is 0 Å². The second-order valence-electron chi connectivity index (χ2n) is 11.9. The second kappa shape index (κ2) is 12.1. The van der Waals surface area contributed by atoms with Crippen LogP contribution < -0.4 is 0 Å². The van der Waals surface area contributed by atoms with E-state index in [1.54, 1.807) is 0 Å². The molecule has 4 aromatic rings. The molecule has 0 aromatic heterocycles. The van der Waals surface area contributed by atoms with Crippen LogP contribution in [0.3, 0.4) is 0 Å². The highest BCUT2D eigenvalue weighted by molar-refractivity contribution is 8.01. The molecule has 0 radical (unpaired) electrons. The molecule has 0 aliphatic carbocycles. The Morgan fingerprint density at radius 3 is 1.55 bits per heavy atom. The molecule has 0 amide bonds. The van der Waals surface area contributed by atoms with Crippen LogP contribution in [0.5, 0.6) is 0 Å². The Kier molecular flexibility index (Phi) is 8.69. The fraction of sp³-hybridized carbons (Fsp3) is 0.314. The van der Waals surface area contributed by atoms with Gasteiger partial charge in [0.25, 0.3) is 0 Å². The van der Waals surface area contributed by atoms with Gasteiger partial charge in [-0.15, -0.1) is 11.8 Å². The number of thioether (sulfide) groups is 1. The van der Waals surface area contributed by atoms with Gasteiger partial charge in [0, 0.05) is 9.77 Å². The zero-order valence-corrected chi connectivity index (χ0v) is 25.9. The molecule has 3 nitrogen and oxygen atoms in total. The van der Waals surface area contributed by atoms with Crippen molar-refractivity contribution in [2.75, 3.05) is 6.61 Å². The van der Waals surface area contributed by atoms with E-state index < -0.39 is 19.5 Å². The molecular formula is C35H40O3SSi. The standard InChI is InChI=1S/C35H40O3SSi/c1-34(2)37-31(32(38-34)33(40(3,4)5)39-30-24-16-9-17-25-30)26-36-35(27-18-10-6-11-19-27,28-20-12-7-13-21-28)29-22-14-8-15-23-29/h6-25,31-33H,26H2,1-5H3/t31-,32-,33+/m0/s1. The summed E-state index contributed by atoms with van der Waals surface area (Å²) in [6.07, 6.45) is -0.328. The Balaban J connectivity index is 1.55. The highest BCUT2D eigenvalue weighted by Crippen LogP contribution is 2.44. The molecular weight excluding hydrogens is 529 g/mol. The van der Waals surface area contributed by atoms with Gasteiger partial charge in [0.2, 0.25) is 0 Å². The average Bonchev–Trinajstić information content (AvgIpc) is 3.27. The van der Waals surface area contributed by atoms with Gasteiger partial charge in [0.1, 0.15) is 11.7 Å². The van der Waals surface area contributed by atoms with Crippen LogP contribution in [0.1, 0.15) is 30.5 Å². The van der Waals surface area contributed by atoms with Gasteiger partial charge < -0.3 is 14.2 Å². The summed E-state index contributed by atoms with van der Waals surface area (Å²) in [7, 11) is -1.70. The van der Waals surface area contributed by atoms with E-state index in [1.807, 2.05) is 25.6 Å². The molecule has 5 rings (SSSR count). The lowest BCUT2D eigenvalue weighted by molar-refractivity contribution is -0.154. The third kappa shape index (κ3) is 6.29. The summed E-state index contributed by atoms with van der Waals surface area (Å²) in [6, 6.07) is 42.2. The summed E-state index contributed by atoms with van der Waals surface area (Å²) in [6.45, 7) is 11.7. The fourth-order valence-electron chi connectivity index (χ4n) is 5.61. The minimum absolute atomic E-state index is 0.105. The van der Waals surface area contributed by atoms with Crippen molar-refractivity contribution in [1.29, 1.82) is 0 Å². The smallest absolute Gasteiger partial charge is 0.163 e. The van der Waals surface area contributed by atoms with Crippen molar-refractivity contribution in [3.63, 3.8) is 0 Å². The summed E-state index contributed by atoms with van der Waals surface area (Å²) >= 11 is 1.92. The molecule has 208 valence electrons. The Bertz CT molecular complexity index is 1240. The third-order valence-corrected chi connectivity index (χ3v) is 13.0. The Hall–Kier alpha value is -2.67. The lowest BCUT2D eigenvalue weighted by Gasteiger charge is -2.38. The fourth-order valence-corrected chi connectivity index (χ4v) is 9.67. The first-order chi connectivity index (χ1) is 19.2. The largest absolute Gasteiger partial charge is 0.358 e. The molecule has 1 fully saturated rings. The Morgan fingerprint density at radius 2 is 1.12 bits per heavy atom. The van der Waals surface area contributed by atoms with Crippen molar-refractivity contribution >= 4 is 19.8 Å². The van der Waals surface area contributed by atoms with Crippen LogP contribution in [-0.4, -0.2) is 37.5 Å². The minimum Gasteiger partial charge on any atom is -0.358 e. The quantitative estimate of drug-likeness (QED) is 0.109. The van der Waals surface area contributed by atoms with Gasteiger partial charge in [-0.3, -0.25) is 0 Å². The SMILES string of the molecule is CC1(C)O[C@H]([C@H](Sc2ccccc2)[Si](C)(C)C)[C@H](COC(c2ccccc2)(c2ccccc2)c2ccccc2)O1. The zero-order valence-electron chi connectivity index (χ0n) is 24.1. The molecule has 40 heavy (non-hydrogen) atoms. The van der Waals surface area contributed by atoms with E-state index in [2.05, 4.69) is 141 Å². The average molecular weight is 569 g/mol. The summed E-state index contributed by atoms with van der Waals surface area (Å²) in [5, 5.41) is 0. The van der Waals surface area contributed by atoms with Crippen LogP contribution in [-0.2, 0) is 19.8 Å². The van der Waals surface area contributed by atoms with Gasteiger partial charge in [-0.1, -0.05) is 129 Å². The molecule has 0 spiro atoms. The maximum atomic E-state index is 7.21. The van der Waals surface area contributed by atoms with E-state index in [0.29, 0.717) is 6.61 Å². The van der Waals surface area contributed by atoms with Crippen molar-refractivity contribution in [3.8, 4) is 0 Å². The maximum Gasteiger partial charge on any atom is 0.163 e. The lowest BCUT2D eigenvalue weighted by atomic mass is 9.80. The molecule has 0 bridgehead atoms. The van der Waals surface area contributed by atoms with Gasteiger partial charge in [0.05, 0.1) is 20.8 Å². The first-order valence-electron chi connectivity index (χ1n) is 14.1. The van der Waals surface area contributed by atoms with E-state index in [0.717, 1.165) is 16.7 Å². The number of hydrogen-bond acceptors (Lipinski definition) is 4. The van der Waals surface area contributed by atoms with Gasteiger partial charge in [-0.25, -0.2) is 0 Å². The number of ether oxygens (including phenoxy) is 3. The number of benzene rings is 4. The van der Waals surface area contributed by atoms with Crippen LogP contribution >= 0.6 is 11.8 Å². The highest BCUT2D eigenvalue weighted by Gasteiger charge is 2.50. The zero-order chi connectivity index (χ0) is 28.2. The van der Waals surface area contributed by atoms with Crippen LogP contribution in [0, 0.1) is 0 Å². The predicted molar refractivity (Wildman–Crippen MR) is 168 cm³/mol. The Labute approximate surface area is 244 Å². The molecule has 1 saturated heterocycles. The molecule has 1 heterocycles. The van der Waals surface area contributed by atoms with Crippen LogP contribution in [0.4, 0.5) is 0 Å². The molecule has 4 aromatic carbocycles. The first-order valence-corrected chi connectivity index (χ1v) is 18.5.